The highest BCUT2D eigenvalue weighted by Crippen LogP contribution is 2.34. The number of carbonyl (C=O) groups is 1. The lowest BCUT2D eigenvalue weighted by atomic mass is 10.1. The molecule has 0 saturated heterocycles. The Bertz CT molecular complexity index is 911. The van der Waals surface area contributed by atoms with Crippen molar-refractivity contribution in [2.45, 2.75) is 25.9 Å². The molecule has 0 fully saturated rings. The van der Waals surface area contributed by atoms with Crippen LogP contribution in [-0.4, -0.2) is 21.2 Å². The molecule has 0 unspecified atom stereocenters. The van der Waals surface area contributed by atoms with E-state index >= 15 is 0 Å². The molecule has 2 aromatic heterocycles. The van der Waals surface area contributed by atoms with E-state index in [0.717, 1.165) is 6.20 Å². The Balaban J connectivity index is 1.83. The predicted molar refractivity (Wildman–Crippen MR) is 88.2 cm³/mol. The van der Waals surface area contributed by atoms with E-state index in [1.54, 1.807) is 19.1 Å². The number of hydrogen-bond donors (Lipinski definition) is 1. The molecule has 25 heavy (non-hydrogen) atoms. The van der Waals surface area contributed by atoms with Crippen LogP contribution in [0, 0.1) is 5.82 Å². The number of carboxylic acids is 1. The van der Waals surface area contributed by atoms with Crippen LogP contribution in [-0.2, 0) is 11.2 Å². The fraction of sp³-hybridized carbons (Fsp3) is 0.235. The Morgan fingerprint density at radius 3 is 2.92 bits per heavy atom. The molecular formula is C17H14ClFN2O4. The number of halogens is 2. The number of rotatable bonds is 6. The summed E-state index contributed by atoms with van der Waals surface area (Å²) < 4.78 is 24.0. The van der Waals surface area contributed by atoms with E-state index in [9.17, 15) is 9.18 Å². The van der Waals surface area contributed by atoms with Gasteiger partial charge in [0.1, 0.15) is 17.7 Å². The van der Waals surface area contributed by atoms with E-state index in [-0.39, 0.29) is 12.8 Å². The Morgan fingerprint density at radius 1 is 1.44 bits per heavy atom. The first-order valence-electron chi connectivity index (χ1n) is 7.51. The topological polar surface area (TPSA) is 85.5 Å². The lowest BCUT2D eigenvalue weighted by molar-refractivity contribution is -0.136. The molecule has 0 radical (unpaired) electrons. The minimum Gasteiger partial charge on any atom is -0.483 e. The van der Waals surface area contributed by atoms with Crippen molar-refractivity contribution in [2.75, 3.05) is 0 Å². The highest BCUT2D eigenvalue weighted by molar-refractivity contribution is 6.32. The molecule has 0 aliphatic rings. The molecule has 1 aromatic carbocycles. The zero-order chi connectivity index (χ0) is 18.0. The van der Waals surface area contributed by atoms with Crippen LogP contribution in [0.2, 0.25) is 5.02 Å². The molecule has 0 aliphatic heterocycles. The molecule has 0 aliphatic carbocycles. The van der Waals surface area contributed by atoms with Crippen LogP contribution < -0.4 is 4.74 Å². The molecule has 0 amide bonds. The van der Waals surface area contributed by atoms with E-state index in [0.29, 0.717) is 33.1 Å². The molecule has 0 bridgehead atoms. The molecular weight excluding hydrogens is 351 g/mol. The number of carboxylic acid groups (broad SMARTS) is 1. The van der Waals surface area contributed by atoms with Crippen molar-refractivity contribution in [1.29, 1.82) is 0 Å². The average molecular weight is 365 g/mol. The average Bonchev–Trinajstić information content (AvgIpc) is 2.95. The highest BCUT2D eigenvalue weighted by atomic mass is 35.5. The monoisotopic (exact) mass is 364 g/mol. The summed E-state index contributed by atoms with van der Waals surface area (Å²) in [7, 11) is 0. The molecule has 8 heteroatoms. The molecule has 0 saturated carbocycles. The summed E-state index contributed by atoms with van der Waals surface area (Å²) in [6.45, 7) is 1.76. The number of hydrogen-bond acceptors (Lipinski definition) is 5. The fourth-order valence-corrected chi connectivity index (χ4v) is 2.57. The summed E-state index contributed by atoms with van der Waals surface area (Å²) in [5, 5.41) is 13.6. The molecule has 130 valence electrons. The number of fused-ring (bicyclic) bond motifs is 1. The van der Waals surface area contributed by atoms with Crippen LogP contribution in [0.3, 0.4) is 0 Å². The maximum atomic E-state index is 13.0. The lowest BCUT2D eigenvalue weighted by Gasteiger charge is -2.15. The second kappa shape index (κ2) is 7.06. The molecule has 3 aromatic rings. The quantitative estimate of drug-likeness (QED) is 0.706. The van der Waals surface area contributed by atoms with E-state index in [1.807, 2.05) is 0 Å². The Kier molecular flexibility index (Phi) is 4.85. The highest BCUT2D eigenvalue weighted by Gasteiger charge is 2.16. The van der Waals surface area contributed by atoms with Gasteiger partial charge >= 0.3 is 5.97 Å². The second-order valence-electron chi connectivity index (χ2n) is 5.46. The van der Waals surface area contributed by atoms with Crippen LogP contribution in [0.4, 0.5) is 4.39 Å². The summed E-state index contributed by atoms with van der Waals surface area (Å²) in [5.41, 5.74) is 1.52. The van der Waals surface area contributed by atoms with Gasteiger partial charge in [0.15, 0.2) is 5.58 Å². The first-order chi connectivity index (χ1) is 11.9. The standard InChI is InChI=1S/C17H14ClFN2O4/c1-9(13-3-2-10(19)8-20-13)24-16-7-15-11(6-12(16)18)14(21-25-15)4-5-17(22)23/h2-3,6-9H,4-5H2,1H3,(H,22,23)/t9-/m0/s1. The van der Waals surface area contributed by atoms with Crippen molar-refractivity contribution in [3.63, 3.8) is 0 Å². The summed E-state index contributed by atoms with van der Waals surface area (Å²) in [6.07, 6.45) is 0.856. The minimum atomic E-state index is -0.914. The summed E-state index contributed by atoms with van der Waals surface area (Å²) in [6, 6.07) is 6.06. The molecule has 2 heterocycles. The Morgan fingerprint density at radius 2 is 2.24 bits per heavy atom. The van der Waals surface area contributed by atoms with Gasteiger partial charge in [-0.3, -0.25) is 9.78 Å². The minimum absolute atomic E-state index is 0.0508. The first kappa shape index (κ1) is 17.2. The number of aryl methyl sites for hydroxylation is 1. The van der Waals surface area contributed by atoms with Gasteiger partial charge in [0.2, 0.25) is 0 Å². The summed E-state index contributed by atoms with van der Waals surface area (Å²) >= 11 is 6.26. The van der Waals surface area contributed by atoms with Gasteiger partial charge in [0.25, 0.3) is 0 Å². The fourth-order valence-electron chi connectivity index (χ4n) is 2.36. The van der Waals surface area contributed by atoms with Gasteiger partial charge in [-0.05, 0) is 25.1 Å². The molecule has 6 nitrogen and oxygen atoms in total. The van der Waals surface area contributed by atoms with Gasteiger partial charge in [-0.2, -0.15) is 0 Å². The largest absolute Gasteiger partial charge is 0.483 e. The van der Waals surface area contributed by atoms with Gasteiger partial charge in [0, 0.05) is 17.9 Å². The van der Waals surface area contributed by atoms with E-state index < -0.39 is 17.9 Å². The third kappa shape index (κ3) is 3.88. The van der Waals surface area contributed by atoms with Gasteiger partial charge in [-0.25, -0.2) is 4.39 Å². The number of aromatic nitrogens is 2. The maximum absolute atomic E-state index is 13.0. The summed E-state index contributed by atoms with van der Waals surface area (Å²) in [5.74, 6) is -0.970. The third-order valence-corrected chi connectivity index (χ3v) is 3.94. The molecule has 1 atom stereocenters. The molecule has 0 spiro atoms. The van der Waals surface area contributed by atoms with Gasteiger partial charge in [-0.1, -0.05) is 16.8 Å². The SMILES string of the molecule is C[C@H](Oc1cc2onc(CCC(=O)O)c2cc1Cl)c1ccc(F)cn1. The van der Waals surface area contributed by atoms with Crippen LogP contribution in [0.15, 0.2) is 35.0 Å². The third-order valence-electron chi connectivity index (χ3n) is 3.65. The lowest BCUT2D eigenvalue weighted by Crippen LogP contribution is -2.05. The smallest absolute Gasteiger partial charge is 0.303 e. The van der Waals surface area contributed by atoms with Crippen molar-refractivity contribution >= 4 is 28.5 Å². The zero-order valence-corrected chi connectivity index (χ0v) is 14.0. The zero-order valence-electron chi connectivity index (χ0n) is 13.2. The number of benzene rings is 1. The normalized spacial score (nSPS) is 12.3. The number of aliphatic carboxylic acids is 1. The Labute approximate surface area is 147 Å². The van der Waals surface area contributed by atoms with Gasteiger partial charge in [-0.15, -0.1) is 0 Å². The molecule has 1 N–H and O–H groups in total. The van der Waals surface area contributed by atoms with Crippen LogP contribution >= 0.6 is 11.6 Å². The van der Waals surface area contributed by atoms with E-state index in [1.165, 1.54) is 12.1 Å². The van der Waals surface area contributed by atoms with Crippen molar-refractivity contribution in [1.82, 2.24) is 10.1 Å². The number of ether oxygens (including phenoxy) is 1. The second-order valence-corrected chi connectivity index (χ2v) is 5.87. The summed E-state index contributed by atoms with van der Waals surface area (Å²) in [4.78, 5) is 14.7. The van der Waals surface area contributed by atoms with E-state index in [4.69, 9.17) is 26.0 Å². The van der Waals surface area contributed by atoms with Crippen LogP contribution in [0.1, 0.15) is 30.8 Å². The Hall–Kier alpha value is -2.67. The van der Waals surface area contributed by atoms with Crippen molar-refractivity contribution in [3.8, 4) is 5.75 Å². The predicted octanol–water partition coefficient (Wildman–Crippen LogP) is 4.17. The first-order valence-corrected chi connectivity index (χ1v) is 7.89. The van der Waals surface area contributed by atoms with Gasteiger partial charge < -0.3 is 14.4 Å². The van der Waals surface area contributed by atoms with Crippen LogP contribution in [0.5, 0.6) is 5.75 Å². The van der Waals surface area contributed by atoms with Gasteiger partial charge in [0.05, 0.1) is 29.0 Å². The molecule has 3 rings (SSSR count). The van der Waals surface area contributed by atoms with Crippen molar-refractivity contribution in [3.05, 3.63) is 52.7 Å². The van der Waals surface area contributed by atoms with Crippen molar-refractivity contribution in [2.24, 2.45) is 0 Å². The number of nitrogens with zero attached hydrogens (tertiary/aromatic N) is 2. The number of pyridine rings is 1. The van der Waals surface area contributed by atoms with Crippen LogP contribution in [0.25, 0.3) is 11.0 Å². The maximum Gasteiger partial charge on any atom is 0.303 e. The van der Waals surface area contributed by atoms with Crippen molar-refractivity contribution < 1.29 is 23.6 Å². The van der Waals surface area contributed by atoms with E-state index in [2.05, 4.69) is 10.1 Å².